The highest BCUT2D eigenvalue weighted by Crippen LogP contribution is 2.26. The maximum Gasteiger partial charge on any atom is 0.273 e. The maximum absolute atomic E-state index is 11.4. The standard InChI is InChI=1S/C13H18N4O3/c1-10(18)15-3-2-4-16(6-5-15)12-7-11(14)8-13(9-12)17(19)20/h7-9H,2-6,14H2,1H3. The Labute approximate surface area is 117 Å². The Hall–Kier alpha value is -2.31. The van der Waals surface area contributed by atoms with Crippen LogP contribution in [0, 0.1) is 10.1 Å². The summed E-state index contributed by atoms with van der Waals surface area (Å²) in [4.78, 5) is 25.6. The molecule has 0 unspecified atom stereocenters. The summed E-state index contributed by atoms with van der Waals surface area (Å²) in [6, 6.07) is 4.61. The van der Waals surface area contributed by atoms with E-state index in [1.165, 1.54) is 12.1 Å². The fourth-order valence-corrected chi connectivity index (χ4v) is 2.40. The third kappa shape index (κ3) is 3.17. The van der Waals surface area contributed by atoms with Crippen LogP contribution in [0.1, 0.15) is 13.3 Å². The van der Waals surface area contributed by atoms with Crippen molar-refractivity contribution in [2.75, 3.05) is 36.8 Å². The van der Waals surface area contributed by atoms with Crippen molar-refractivity contribution in [3.8, 4) is 0 Å². The van der Waals surface area contributed by atoms with Crippen LogP contribution in [-0.2, 0) is 4.79 Å². The number of rotatable bonds is 2. The summed E-state index contributed by atoms with van der Waals surface area (Å²) in [6.45, 7) is 4.31. The quantitative estimate of drug-likeness (QED) is 0.499. The predicted molar refractivity (Wildman–Crippen MR) is 76.6 cm³/mol. The van der Waals surface area contributed by atoms with Gasteiger partial charge in [-0.25, -0.2) is 0 Å². The molecule has 0 saturated carbocycles. The second-order valence-electron chi connectivity index (χ2n) is 4.89. The molecule has 1 heterocycles. The molecular weight excluding hydrogens is 260 g/mol. The number of anilines is 2. The van der Waals surface area contributed by atoms with Gasteiger partial charge in [0.05, 0.1) is 4.92 Å². The minimum absolute atomic E-state index is 0.00679. The highest BCUT2D eigenvalue weighted by atomic mass is 16.6. The van der Waals surface area contributed by atoms with Crippen molar-refractivity contribution in [2.45, 2.75) is 13.3 Å². The molecule has 7 heteroatoms. The lowest BCUT2D eigenvalue weighted by Gasteiger charge is -2.23. The van der Waals surface area contributed by atoms with Crippen LogP contribution in [0.2, 0.25) is 0 Å². The second kappa shape index (κ2) is 5.77. The molecule has 0 atom stereocenters. The Morgan fingerprint density at radius 3 is 2.65 bits per heavy atom. The molecule has 2 N–H and O–H groups in total. The monoisotopic (exact) mass is 278 g/mol. The summed E-state index contributed by atoms with van der Waals surface area (Å²) in [6.07, 6.45) is 0.835. The fraction of sp³-hybridized carbons (Fsp3) is 0.462. The Morgan fingerprint density at radius 2 is 2.00 bits per heavy atom. The van der Waals surface area contributed by atoms with Crippen LogP contribution in [0.5, 0.6) is 0 Å². The number of non-ortho nitro benzene ring substituents is 1. The number of carbonyl (C=O) groups excluding carboxylic acids is 1. The molecule has 1 saturated heterocycles. The summed E-state index contributed by atoms with van der Waals surface area (Å²) in [7, 11) is 0. The SMILES string of the molecule is CC(=O)N1CCCN(c2cc(N)cc([N+](=O)[O-])c2)CC1. The number of nitrogen functional groups attached to an aromatic ring is 1. The molecule has 0 aromatic heterocycles. The zero-order valence-corrected chi connectivity index (χ0v) is 11.4. The molecule has 7 nitrogen and oxygen atoms in total. The molecule has 1 aliphatic heterocycles. The van der Waals surface area contributed by atoms with Gasteiger partial charge in [0.25, 0.3) is 5.69 Å². The highest BCUT2D eigenvalue weighted by Gasteiger charge is 2.18. The Balaban J connectivity index is 2.19. The van der Waals surface area contributed by atoms with Crippen molar-refractivity contribution in [1.29, 1.82) is 0 Å². The van der Waals surface area contributed by atoms with E-state index >= 15 is 0 Å². The average molecular weight is 278 g/mol. The summed E-state index contributed by atoms with van der Waals surface area (Å²) in [5.74, 6) is 0.0606. The van der Waals surface area contributed by atoms with Crippen molar-refractivity contribution < 1.29 is 9.72 Å². The molecule has 0 radical (unpaired) electrons. The van der Waals surface area contributed by atoms with E-state index in [0.717, 1.165) is 25.2 Å². The molecule has 2 rings (SSSR count). The smallest absolute Gasteiger partial charge is 0.273 e. The first-order chi connectivity index (χ1) is 9.47. The molecule has 1 aromatic carbocycles. The molecule has 1 fully saturated rings. The lowest BCUT2D eigenvalue weighted by atomic mass is 10.2. The van der Waals surface area contributed by atoms with Gasteiger partial charge in [0, 0.05) is 56.6 Å². The Bertz CT molecular complexity index is 532. The summed E-state index contributed by atoms with van der Waals surface area (Å²) >= 11 is 0. The van der Waals surface area contributed by atoms with Crippen LogP contribution in [0.3, 0.4) is 0 Å². The van der Waals surface area contributed by atoms with E-state index in [4.69, 9.17) is 5.73 Å². The topological polar surface area (TPSA) is 92.7 Å². The van der Waals surface area contributed by atoms with Crippen molar-refractivity contribution >= 4 is 23.0 Å². The van der Waals surface area contributed by atoms with Crippen LogP contribution >= 0.6 is 0 Å². The van der Waals surface area contributed by atoms with Gasteiger partial charge in [-0.1, -0.05) is 0 Å². The number of nitrogens with zero attached hydrogens (tertiary/aromatic N) is 3. The zero-order chi connectivity index (χ0) is 14.7. The van der Waals surface area contributed by atoms with Crippen LogP contribution in [-0.4, -0.2) is 41.9 Å². The normalized spacial score (nSPS) is 15.8. The minimum atomic E-state index is -0.445. The number of nitro benzene ring substituents is 1. The molecule has 0 bridgehead atoms. The van der Waals surface area contributed by atoms with Crippen LogP contribution in [0.4, 0.5) is 17.1 Å². The molecular formula is C13H18N4O3. The first-order valence-corrected chi connectivity index (χ1v) is 6.53. The van der Waals surface area contributed by atoms with E-state index in [2.05, 4.69) is 0 Å². The van der Waals surface area contributed by atoms with Crippen molar-refractivity contribution in [3.05, 3.63) is 28.3 Å². The van der Waals surface area contributed by atoms with Crippen molar-refractivity contribution in [3.63, 3.8) is 0 Å². The van der Waals surface area contributed by atoms with Gasteiger partial charge in [-0.15, -0.1) is 0 Å². The maximum atomic E-state index is 11.4. The number of nitro groups is 1. The molecule has 20 heavy (non-hydrogen) atoms. The van der Waals surface area contributed by atoms with E-state index in [-0.39, 0.29) is 11.6 Å². The van der Waals surface area contributed by atoms with Crippen molar-refractivity contribution in [1.82, 2.24) is 4.90 Å². The summed E-state index contributed by atoms with van der Waals surface area (Å²) < 4.78 is 0. The number of hydrogen-bond donors (Lipinski definition) is 1. The lowest BCUT2D eigenvalue weighted by molar-refractivity contribution is -0.384. The molecule has 108 valence electrons. The third-order valence-electron chi connectivity index (χ3n) is 3.44. The van der Waals surface area contributed by atoms with E-state index in [1.54, 1.807) is 17.9 Å². The number of nitrogens with two attached hydrogens (primary N) is 1. The van der Waals surface area contributed by atoms with Gasteiger partial charge in [0.1, 0.15) is 0 Å². The first kappa shape index (κ1) is 14.1. The Morgan fingerprint density at radius 1 is 1.25 bits per heavy atom. The predicted octanol–water partition coefficient (Wildman–Crippen LogP) is 1.24. The number of carbonyl (C=O) groups is 1. The van der Waals surface area contributed by atoms with Gasteiger partial charge in [0.15, 0.2) is 0 Å². The van der Waals surface area contributed by atoms with E-state index < -0.39 is 4.92 Å². The van der Waals surface area contributed by atoms with E-state index in [9.17, 15) is 14.9 Å². The van der Waals surface area contributed by atoms with Crippen LogP contribution < -0.4 is 10.6 Å². The van der Waals surface area contributed by atoms with Gasteiger partial charge in [0.2, 0.25) is 5.91 Å². The molecule has 1 aromatic rings. The fourth-order valence-electron chi connectivity index (χ4n) is 2.40. The molecule has 1 amide bonds. The van der Waals surface area contributed by atoms with Gasteiger partial charge >= 0.3 is 0 Å². The minimum Gasteiger partial charge on any atom is -0.398 e. The number of amides is 1. The Kier molecular flexibility index (Phi) is 4.07. The zero-order valence-electron chi connectivity index (χ0n) is 11.4. The largest absolute Gasteiger partial charge is 0.398 e. The van der Waals surface area contributed by atoms with Crippen LogP contribution in [0.25, 0.3) is 0 Å². The molecule has 0 spiro atoms. The molecule has 1 aliphatic rings. The lowest BCUT2D eigenvalue weighted by Crippen LogP contribution is -2.33. The van der Waals surface area contributed by atoms with Gasteiger partial charge in [-0.2, -0.15) is 0 Å². The molecule has 0 aliphatic carbocycles. The van der Waals surface area contributed by atoms with E-state index in [1.807, 2.05) is 4.90 Å². The first-order valence-electron chi connectivity index (χ1n) is 6.53. The highest BCUT2D eigenvalue weighted by molar-refractivity contribution is 5.73. The average Bonchev–Trinajstić information content (AvgIpc) is 2.63. The van der Waals surface area contributed by atoms with Crippen molar-refractivity contribution in [2.24, 2.45) is 0 Å². The third-order valence-corrected chi connectivity index (χ3v) is 3.44. The van der Waals surface area contributed by atoms with E-state index in [0.29, 0.717) is 18.8 Å². The second-order valence-corrected chi connectivity index (χ2v) is 4.89. The number of hydrogen-bond acceptors (Lipinski definition) is 5. The van der Waals surface area contributed by atoms with Crippen LogP contribution in [0.15, 0.2) is 18.2 Å². The summed E-state index contributed by atoms with van der Waals surface area (Å²) in [5, 5.41) is 10.9. The van der Waals surface area contributed by atoms with Gasteiger partial charge < -0.3 is 15.5 Å². The summed E-state index contributed by atoms with van der Waals surface area (Å²) in [5.41, 5.74) is 6.83. The number of benzene rings is 1. The van der Waals surface area contributed by atoms with Gasteiger partial charge in [-0.05, 0) is 12.5 Å². The van der Waals surface area contributed by atoms with Gasteiger partial charge in [-0.3, -0.25) is 14.9 Å².